The van der Waals surface area contributed by atoms with Crippen LogP contribution in [0.5, 0.6) is 0 Å². The van der Waals surface area contributed by atoms with Crippen molar-refractivity contribution < 1.29 is 4.42 Å². The molecule has 3 aromatic rings. The summed E-state index contributed by atoms with van der Waals surface area (Å²) in [5.41, 5.74) is 1.99. The summed E-state index contributed by atoms with van der Waals surface area (Å²) < 4.78 is 5.47. The Morgan fingerprint density at radius 3 is 2.96 bits per heavy atom. The van der Waals surface area contributed by atoms with Gasteiger partial charge >= 0.3 is 5.63 Å². The Hall–Kier alpha value is -2.37. The van der Waals surface area contributed by atoms with E-state index >= 15 is 0 Å². The number of allylic oxidation sites excluding steroid dienone is 3. The van der Waals surface area contributed by atoms with Gasteiger partial charge in [0.2, 0.25) is 5.89 Å². The minimum Gasteiger partial charge on any atom is -0.403 e. The van der Waals surface area contributed by atoms with E-state index in [1.165, 1.54) is 5.57 Å². The predicted molar refractivity (Wildman–Crippen MR) is 106 cm³/mol. The molecule has 4 rings (SSSR count). The molecule has 2 heterocycles. The van der Waals surface area contributed by atoms with Crippen molar-refractivity contribution in [1.29, 1.82) is 0 Å². The van der Waals surface area contributed by atoms with Gasteiger partial charge in [0.25, 0.3) is 0 Å². The quantitative estimate of drug-likeness (QED) is 0.617. The molecule has 2 aromatic heterocycles. The van der Waals surface area contributed by atoms with Crippen molar-refractivity contribution >= 4 is 34.3 Å². The van der Waals surface area contributed by atoms with E-state index < -0.39 is 5.63 Å². The van der Waals surface area contributed by atoms with Crippen LogP contribution in [0.15, 0.2) is 74.6 Å². The second-order valence-corrected chi connectivity index (χ2v) is 7.63. The van der Waals surface area contributed by atoms with E-state index in [4.69, 9.17) is 16.0 Å². The van der Waals surface area contributed by atoms with Gasteiger partial charge in [0.05, 0.1) is 16.1 Å². The summed E-state index contributed by atoms with van der Waals surface area (Å²) in [6, 6.07) is 8.84. The molecule has 0 radical (unpaired) electrons. The van der Waals surface area contributed by atoms with Gasteiger partial charge in [0.1, 0.15) is 10.4 Å². The third-order valence-corrected chi connectivity index (χ3v) is 5.63. The van der Waals surface area contributed by atoms with E-state index in [0.717, 1.165) is 11.4 Å². The van der Waals surface area contributed by atoms with Gasteiger partial charge in [-0.25, -0.2) is 14.8 Å². The van der Waals surface area contributed by atoms with Gasteiger partial charge in [-0.1, -0.05) is 53.2 Å². The molecule has 0 N–H and O–H groups in total. The summed E-state index contributed by atoms with van der Waals surface area (Å²) in [6.45, 7) is 2.09. The summed E-state index contributed by atoms with van der Waals surface area (Å²) in [4.78, 5) is 21.4. The Labute approximate surface area is 159 Å². The predicted octanol–water partition coefficient (Wildman–Crippen LogP) is 5.27. The highest BCUT2D eigenvalue weighted by Gasteiger charge is 2.18. The van der Waals surface area contributed by atoms with Crippen LogP contribution in [0.1, 0.15) is 13.3 Å². The average molecular weight is 383 g/mol. The number of hydrogen-bond acceptors (Lipinski definition) is 5. The Kier molecular flexibility index (Phi) is 4.66. The molecule has 0 saturated heterocycles. The largest absolute Gasteiger partial charge is 0.403 e. The molecule has 0 spiro atoms. The van der Waals surface area contributed by atoms with Crippen LogP contribution in [0.25, 0.3) is 22.4 Å². The first-order chi connectivity index (χ1) is 12.6. The number of hydrogen-bond donors (Lipinski definition) is 0. The lowest BCUT2D eigenvalue weighted by atomic mass is 10.1. The summed E-state index contributed by atoms with van der Waals surface area (Å²) >= 11 is 7.73. The zero-order chi connectivity index (χ0) is 18.1. The number of thioether (sulfide) groups is 1. The van der Waals surface area contributed by atoms with Crippen LogP contribution >= 0.6 is 23.4 Å². The van der Waals surface area contributed by atoms with Gasteiger partial charge in [0, 0.05) is 11.4 Å². The Morgan fingerprint density at radius 2 is 2.15 bits per heavy atom. The minimum atomic E-state index is -0.494. The van der Waals surface area contributed by atoms with Crippen molar-refractivity contribution in [2.75, 3.05) is 0 Å². The molecular formula is C20H15ClN2O2S. The molecular weight excluding hydrogens is 368 g/mol. The standard InChI is InChI=1S/C20H15ClN2O2S/c1-12-7-9-13(10-8-12)26-19-14(4-3-11-22-19)18-23-16-6-2-5-15(21)17(16)20(24)25-18/h2-9,11,13H,10H2,1H3. The number of rotatable bonds is 3. The second kappa shape index (κ2) is 7.09. The number of nitrogens with zero attached hydrogens (tertiary/aromatic N) is 2. The van der Waals surface area contributed by atoms with Crippen LogP contribution < -0.4 is 5.63 Å². The number of pyridine rings is 1. The molecule has 1 unspecified atom stereocenters. The van der Waals surface area contributed by atoms with E-state index in [1.807, 2.05) is 12.1 Å². The van der Waals surface area contributed by atoms with E-state index in [0.29, 0.717) is 21.5 Å². The first kappa shape index (κ1) is 17.1. The number of aromatic nitrogens is 2. The van der Waals surface area contributed by atoms with E-state index in [-0.39, 0.29) is 11.1 Å². The molecule has 1 aliphatic rings. The molecule has 1 aromatic carbocycles. The van der Waals surface area contributed by atoms with Crippen molar-refractivity contribution in [2.45, 2.75) is 23.6 Å². The van der Waals surface area contributed by atoms with Crippen LogP contribution in [-0.4, -0.2) is 15.2 Å². The smallest absolute Gasteiger partial charge is 0.348 e. The van der Waals surface area contributed by atoms with Crippen molar-refractivity contribution in [3.05, 3.63) is 75.8 Å². The molecule has 0 aliphatic heterocycles. The van der Waals surface area contributed by atoms with Gasteiger partial charge < -0.3 is 4.42 Å². The Morgan fingerprint density at radius 1 is 1.27 bits per heavy atom. The van der Waals surface area contributed by atoms with Crippen molar-refractivity contribution in [3.63, 3.8) is 0 Å². The van der Waals surface area contributed by atoms with Gasteiger partial charge in [0.15, 0.2) is 0 Å². The molecule has 0 fully saturated rings. The van der Waals surface area contributed by atoms with E-state index in [1.54, 1.807) is 36.2 Å². The SMILES string of the molecule is CC1=CCC(Sc2ncccc2-c2nc3cccc(Cl)c3c(=O)o2)C=C1. The maximum atomic E-state index is 12.4. The molecule has 130 valence electrons. The summed E-state index contributed by atoms with van der Waals surface area (Å²) in [5.74, 6) is 0.256. The number of halogens is 1. The highest BCUT2D eigenvalue weighted by atomic mass is 35.5. The maximum Gasteiger partial charge on any atom is 0.348 e. The zero-order valence-corrected chi connectivity index (χ0v) is 15.6. The lowest BCUT2D eigenvalue weighted by Crippen LogP contribution is -2.05. The van der Waals surface area contributed by atoms with Crippen LogP contribution in [-0.2, 0) is 0 Å². The van der Waals surface area contributed by atoms with Crippen LogP contribution in [0.4, 0.5) is 0 Å². The fourth-order valence-electron chi connectivity index (χ4n) is 2.78. The van der Waals surface area contributed by atoms with E-state index in [2.05, 4.69) is 35.1 Å². The monoisotopic (exact) mass is 382 g/mol. The fraction of sp³-hybridized carbons (Fsp3) is 0.150. The highest BCUT2D eigenvalue weighted by molar-refractivity contribution is 8.00. The first-order valence-corrected chi connectivity index (χ1v) is 9.44. The van der Waals surface area contributed by atoms with Crippen LogP contribution in [0.3, 0.4) is 0 Å². The van der Waals surface area contributed by atoms with Crippen molar-refractivity contribution in [2.24, 2.45) is 0 Å². The second-order valence-electron chi connectivity index (χ2n) is 6.00. The molecule has 0 amide bonds. The third kappa shape index (κ3) is 3.32. The van der Waals surface area contributed by atoms with Crippen LogP contribution in [0.2, 0.25) is 5.02 Å². The molecule has 0 saturated carbocycles. The maximum absolute atomic E-state index is 12.4. The topological polar surface area (TPSA) is 56.0 Å². The van der Waals surface area contributed by atoms with Gasteiger partial charge in [-0.15, -0.1) is 0 Å². The fourth-order valence-corrected chi connectivity index (χ4v) is 4.07. The zero-order valence-electron chi connectivity index (χ0n) is 14.0. The lowest BCUT2D eigenvalue weighted by molar-refractivity contribution is 0.516. The lowest BCUT2D eigenvalue weighted by Gasteiger charge is -2.15. The summed E-state index contributed by atoms with van der Waals surface area (Å²) in [6.07, 6.45) is 9.16. The minimum absolute atomic E-state index is 0.256. The Balaban J connectivity index is 1.76. The third-order valence-electron chi connectivity index (χ3n) is 4.12. The molecule has 1 atom stereocenters. The molecule has 6 heteroatoms. The normalized spacial score (nSPS) is 16.7. The van der Waals surface area contributed by atoms with Crippen molar-refractivity contribution in [1.82, 2.24) is 9.97 Å². The van der Waals surface area contributed by atoms with Crippen LogP contribution in [0, 0.1) is 0 Å². The molecule has 4 nitrogen and oxygen atoms in total. The van der Waals surface area contributed by atoms with Gasteiger partial charge in [-0.3, -0.25) is 0 Å². The number of benzene rings is 1. The molecule has 1 aliphatic carbocycles. The Bertz CT molecular complexity index is 1100. The summed E-state index contributed by atoms with van der Waals surface area (Å²) in [5, 5.41) is 1.71. The van der Waals surface area contributed by atoms with E-state index in [9.17, 15) is 4.79 Å². The molecule has 0 bridgehead atoms. The van der Waals surface area contributed by atoms with Gasteiger partial charge in [-0.05, 0) is 37.6 Å². The van der Waals surface area contributed by atoms with Crippen molar-refractivity contribution in [3.8, 4) is 11.5 Å². The number of fused-ring (bicyclic) bond motifs is 1. The molecule has 26 heavy (non-hydrogen) atoms. The van der Waals surface area contributed by atoms with Gasteiger partial charge in [-0.2, -0.15) is 0 Å². The first-order valence-electron chi connectivity index (χ1n) is 8.18. The highest BCUT2D eigenvalue weighted by Crippen LogP contribution is 2.34. The average Bonchev–Trinajstić information content (AvgIpc) is 2.64. The summed E-state index contributed by atoms with van der Waals surface area (Å²) in [7, 11) is 0.